The molecule has 0 aromatic carbocycles. The predicted molar refractivity (Wildman–Crippen MR) is 71.0 cm³/mol. The third-order valence-corrected chi connectivity index (χ3v) is 4.34. The molecule has 0 aliphatic heterocycles. The Labute approximate surface area is 105 Å². The molecular weight excluding hydrogens is 230 g/mol. The molecule has 0 saturated heterocycles. The Morgan fingerprint density at radius 2 is 2.29 bits per heavy atom. The van der Waals surface area contributed by atoms with E-state index in [-0.39, 0.29) is 0 Å². The molecule has 2 aromatic heterocycles. The highest BCUT2D eigenvalue weighted by molar-refractivity contribution is 7.15. The molecule has 2 aromatic rings. The minimum absolute atomic E-state index is 0.716. The molecule has 2 heterocycles. The van der Waals surface area contributed by atoms with Gasteiger partial charge in [-0.15, -0.1) is 11.3 Å². The Morgan fingerprint density at radius 3 is 3.06 bits per heavy atom. The van der Waals surface area contributed by atoms with Crippen molar-refractivity contribution < 1.29 is 0 Å². The van der Waals surface area contributed by atoms with Crippen LogP contribution in [0.1, 0.15) is 30.7 Å². The van der Waals surface area contributed by atoms with Gasteiger partial charge in [0, 0.05) is 25.0 Å². The fourth-order valence-electron chi connectivity index (χ4n) is 2.36. The summed E-state index contributed by atoms with van der Waals surface area (Å²) in [5.74, 6) is 0. The van der Waals surface area contributed by atoms with E-state index < -0.39 is 0 Å². The summed E-state index contributed by atoms with van der Waals surface area (Å²) in [6.07, 6.45) is 9.32. The molecule has 2 N–H and O–H groups in total. The van der Waals surface area contributed by atoms with Crippen LogP contribution in [0.25, 0.3) is 10.6 Å². The van der Waals surface area contributed by atoms with Crippen LogP contribution in [0.3, 0.4) is 0 Å². The van der Waals surface area contributed by atoms with Gasteiger partial charge in [-0.05, 0) is 25.0 Å². The number of hydrogen-bond donors (Lipinski definition) is 2. The number of rotatable bonds is 4. The molecule has 0 atom stereocenters. The Balaban J connectivity index is 1.60. The maximum absolute atomic E-state index is 4.47. The summed E-state index contributed by atoms with van der Waals surface area (Å²) in [7, 11) is 0. The van der Waals surface area contributed by atoms with Crippen LogP contribution in [0.5, 0.6) is 0 Å². The summed E-state index contributed by atoms with van der Waals surface area (Å²) < 4.78 is 0. The van der Waals surface area contributed by atoms with E-state index in [1.54, 1.807) is 11.3 Å². The highest BCUT2D eigenvalue weighted by Gasteiger charge is 2.14. The van der Waals surface area contributed by atoms with Gasteiger partial charge in [-0.2, -0.15) is 0 Å². The molecule has 90 valence electrons. The van der Waals surface area contributed by atoms with Crippen LogP contribution in [-0.2, 0) is 6.54 Å². The molecule has 1 saturated carbocycles. The topological polar surface area (TPSA) is 40.7 Å². The lowest BCUT2D eigenvalue weighted by atomic mass is 10.2. The van der Waals surface area contributed by atoms with Crippen LogP contribution in [0.2, 0.25) is 0 Å². The molecule has 0 unspecified atom stereocenters. The summed E-state index contributed by atoms with van der Waals surface area (Å²) in [5.41, 5.74) is 1.16. The van der Waals surface area contributed by atoms with Crippen molar-refractivity contribution in [2.45, 2.75) is 38.3 Å². The van der Waals surface area contributed by atoms with Gasteiger partial charge in [0.25, 0.3) is 0 Å². The Hall–Kier alpha value is -1.13. The lowest BCUT2D eigenvalue weighted by molar-refractivity contribution is 0.523. The smallest absolute Gasteiger partial charge is 0.107 e. The van der Waals surface area contributed by atoms with Crippen LogP contribution in [-0.4, -0.2) is 16.0 Å². The predicted octanol–water partition coefficient (Wildman–Crippen LogP) is 3.17. The van der Waals surface area contributed by atoms with E-state index in [4.69, 9.17) is 0 Å². The van der Waals surface area contributed by atoms with Crippen molar-refractivity contribution in [3.05, 3.63) is 29.5 Å². The van der Waals surface area contributed by atoms with Crippen LogP contribution in [0, 0.1) is 0 Å². The van der Waals surface area contributed by atoms with Crippen molar-refractivity contribution in [2.24, 2.45) is 0 Å². The van der Waals surface area contributed by atoms with Gasteiger partial charge in [0.2, 0.25) is 0 Å². The van der Waals surface area contributed by atoms with Gasteiger partial charge in [-0.1, -0.05) is 12.8 Å². The van der Waals surface area contributed by atoms with Gasteiger partial charge >= 0.3 is 0 Å². The molecule has 0 bridgehead atoms. The lowest BCUT2D eigenvalue weighted by Gasteiger charge is -2.09. The highest BCUT2D eigenvalue weighted by atomic mass is 32.1. The second-order valence-electron chi connectivity index (χ2n) is 4.56. The third-order valence-electron chi connectivity index (χ3n) is 3.31. The standard InChI is InChI=1S/C13H17N3S/c1-2-5-10(4-1)15-9-13-16-8-12(17-13)11-6-3-7-14-11/h3,6-8,10,14-15H,1-2,4-5,9H2. The fraction of sp³-hybridized carbons (Fsp3) is 0.462. The summed E-state index contributed by atoms with van der Waals surface area (Å²) in [6, 6.07) is 4.82. The fourth-order valence-corrected chi connectivity index (χ4v) is 3.22. The van der Waals surface area contributed by atoms with Crippen molar-refractivity contribution in [1.29, 1.82) is 0 Å². The molecule has 17 heavy (non-hydrogen) atoms. The zero-order valence-corrected chi connectivity index (χ0v) is 10.6. The number of thiazole rings is 1. The number of nitrogens with zero attached hydrogens (tertiary/aromatic N) is 1. The normalized spacial score (nSPS) is 16.7. The van der Waals surface area contributed by atoms with Gasteiger partial charge in [0.05, 0.1) is 10.6 Å². The molecule has 1 fully saturated rings. The summed E-state index contributed by atoms with van der Waals surface area (Å²) >= 11 is 1.77. The van der Waals surface area contributed by atoms with E-state index in [0.717, 1.165) is 12.2 Å². The maximum atomic E-state index is 4.47. The van der Waals surface area contributed by atoms with Crippen molar-refractivity contribution in [3.63, 3.8) is 0 Å². The van der Waals surface area contributed by atoms with Gasteiger partial charge in [-0.3, -0.25) is 0 Å². The van der Waals surface area contributed by atoms with Crippen LogP contribution in [0.15, 0.2) is 24.5 Å². The van der Waals surface area contributed by atoms with Gasteiger partial charge < -0.3 is 10.3 Å². The first-order valence-electron chi connectivity index (χ1n) is 6.24. The molecule has 3 nitrogen and oxygen atoms in total. The zero-order valence-electron chi connectivity index (χ0n) is 9.78. The SMILES string of the molecule is c1c[nH]c(-c2cnc(CNC3CCCC3)s2)c1. The van der Waals surface area contributed by atoms with Crippen LogP contribution >= 0.6 is 11.3 Å². The zero-order chi connectivity index (χ0) is 11.5. The molecule has 4 heteroatoms. The monoisotopic (exact) mass is 247 g/mol. The average Bonchev–Trinajstić information content (AvgIpc) is 3.09. The highest BCUT2D eigenvalue weighted by Crippen LogP contribution is 2.25. The molecule has 0 spiro atoms. The van der Waals surface area contributed by atoms with E-state index in [1.807, 2.05) is 18.5 Å². The van der Waals surface area contributed by atoms with E-state index >= 15 is 0 Å². The van der Waals surface area contributed by atoms with Crippen molar-refractivity contribution in [3.8, 4) is 10.6 Å². The largest absolute Gasteiger partial charge is 0.360 e. The van der Waals surface area contributed by atoms with E-state index in [2.05, 4.69) is 21.4 Å². The second-order valence-corrected chi connectivity index (χ2v) is 5.68. The Morgan fingerprint density at radius 1 is 1.41 bits per heavy atom. The van der Waals surface area contributed by atoms with E-state index in [0.29, 0.717) is 6.04 Å². The van der Waals surface area contributed by atoms with Gasteiger partial charge in [-0.25, -0.2) is 4.98 Å². The molecule has 0 radical (unpaired) electrons. The molecule has 1 aliphatic rings. The number of aromatic nitrogens is 2. The summed E-state index contributed by atoms with van der Waals surface area (Å²) in [4.78, 5) is 8.90. The molecule has 0 amide bonds. The van der Waals surface area contributed by atoms with E-state index in [9.17, 15) is 0 Å². The van der Waals surface area contributed by atoms with Gasteiger partial charge in [0.1, 0.15) is 5.01 Å². The summed E-state index contributed by atoms with van der Waals surface area (Å²) in [5, 5.41) is 4.78. The number of H-pyrrole nitrogens is 1. The molecule has 3 rings (SSSR count). The molecule has 1 aliphatic carbocycles. The van der Waals surface area contributed by atoms with E-state index in [1.165, 1.54) is 35.6 Å². The van der Waals surface area contributed by atoms with Crippen molar-refractivity contribution in [1.82, 2.24) is 15.3 Å². The second kappa shape index (κ2) is 5.02. The minimum atomic E-state index is 0.716. The van der Waals surface area contributed by atoms with Crippen LogP contribution < -0.4 is 5.32 Å². The van der Waals surface area contributed by atoms with Crippen molar-refractivity contribution in [2.75, 3.05) is 0 Å². The Bertz CT molecular complexity index is 455. The van der Waals surface area contributed by atoms with Crippen molar-refractivity contribution >= 4 is 11.3 Å². The van der Waals surface area contributed by atoms with Crippen LogP contribution in [0.4, 0.5) is 0 Å². The average molecular weight is 247 g/mol. The quantitative estimate of drug-likeness (QED) is 0.871. The first kappa shape index (κ1) is 11.0. The number of aromatic amines is 1. The first-order valence-corrected chi connectivity index (χ1v) is 7.05. The number of nitrogens with one attached hydrogen (secondary N) is 2. The number of hydrogen-bond acceptors (Lipinski definition) is 3. The maximum Gasteiger partial charge on any atom is 0.107 e. The molecular formula is C13H17N3S. The third kappa shape index (κ3) is 2.58. The first-order chi connectivity index (χ1) is 8.42. The van der Waals surface area contributed by atoms with Gasteiger partial charge in [0.15, 0.2) is 0 Å². The summed E-state index contributed by atoms with van der Waals surface area (Å²) in [6.45, 7) is 0.913. The lowest BCUT2D eigenvalue weighted by Crippen LogP contribution is -2.25. The minimum Gasteiger partial charge on any atom is -0.360 e. The Kier molecular flexibility index (Phi) is 3.25.